The topological polar surface area (TPSA) is 86.8 Å². The van der Waals surface area contributed by atoms with E-state index in [0.29, 0.717) is 37.4 Å². The fourth-order valence-corrected chi connectivity index (χ4v) is 5.52. The number of halogens is 1. The van der Waals surface area contributed by atoms with E-state index < -0.39 is 21.5 Å². The first-order chi connectivity index (χ1) is 16.7. The smallest absolute Gasteiger partial charge is 0.255 e. The van der Waals surface area contributed by atoms with E-state index in [9.17, 15) is 18.0 Å². The molecule has 9 heteroatoms. The molecule has 1 aliphatic heterocycles. The maximum Gasteiger partial charge on any atom is 0.255 e. The zero-order valence-corrected chi connectivity index (χ0v) is 21.7. The lowest BCUT2D eigenvalue weighted by Crippen LogP contribution is -2.48. The molecular weight excluding hydrogens is 530 g/mol. The monoisotopic (exact) mass is 555 g/mol. The molecule has 7 nitrogen and oxygen atoms in total. The number of amides is 2. The number of piperazine rings is 1. The van der Waals surface area contributed by atoms with Crippen LogP contribution in [0.2, 0.25) is 0 Å². The van der Waals surface area contributed by atoms with Crippen molar-refractivity contribution in [3.63, 3.8) is 0 Å². The first-order valence-electron chi connectivity index (χ1n) is 11.2. The number of rotatable bonds is 6. The summed E-state index contributed by atoms with van der Waals surface area (Å²) in [5.41, 5.74) is 3.11. The Morgan fingerprint density at radius 3 is 2.14 bits per heavy atom. The summed E-state index contributed by atoms with van der Waals surface area (Å²) in [5, 5.41) is 2.66. The summed E-state index contributed by atoms with van der Waals surface area (Å²) < 4.78 is 25.8. The maximum absolute atomic E-state index is 12.8. The van der Waals surface area contributed by atoms with Crippen LogP contribution in [0.25, 0.3) is 0 Å². The van der Waals surface area contributed by atoms with Crippen molar-refractivity contribution in [3.8, 4) is 0 Å². The van der Waals surface area contributed by atoms with Crippen molar-refractivity contribution in [2.45, 2.75) is 11.8 Å². The average molecular weight is 556 g/mol. The second-order valence-corrected chi connectivity index (χ2v) is 11.3. The van der Waals surface area contributed by atoms with Crippen LogP contribution in [-0.2, 0) is 14.6 Å². The Morgan fingerprint density at radius 1 is 0.886 bits per heavy atom. The van der Waals surface area contributed by atoms with Gasteiger partial charge >= 0.3 is 0 Å². The number of hydrogen-bond donors (Lipinski definition) is 1. The summed E-state index contributed by atoms with van der Waals surface area (Å²) in [6.07, 6.45) is 0. The van der Waals surface area contributed by atoms with Gasteiger partial charge in [-0.05, 0) is 71.4 Å². The number of aryl methyl sites for hydroxylation is 1. The molecule has 182 valence electrons. The minimum atomic E-state index is -3.71. The van der Waals surface area contributed by atoms with E-state index in [1.54, 1.807) is 24.3 Å². The van der Waals surface area contributed by atoms with Crippen LogP contribution in [0.15, 0.2) is 82.2 Å². The number of carbonyl (C=O) groups is 2. The van der Waals surface area contributed by atoms with E-state index in [-0.39, 0.29) is 10.8 Å². The number of sulfone groups is 1. The summed E-state index contributed by atoms with van der Waals surface area (Å²) in [7, 11) is -3.71. The number of hydrogen-bond acceptors (Lipinski definition) is 5. The Bertz CT molecular complexity index is 1320. The molecule has 0 saturated carbocycles. The Kier molecular flexibility index (Phi) is 7.57. The van der Waals surface area contributed by atoms with Crippen LogP contribution < -0.4 is 10.2 Å². The van der Waals surface area contributed by atoms with Gasteiger partial charge in [-0.15, -0.1) is 0 Å². The van der Waals surface area contributed by atoms with Gasteiger partial charge in [0.25, 0.3) is 5.91 Å². The zero-order chi connectivity index (χ0) is 25.0. The summed E-state index contributed by atoms with van der Waals surface area (Å²) in [4.78, 5) is 29.3. The van der Waals surface area contributed by atoms with Crippen molar-refractivity contribution in [2.75, 3.05) is 42.1 Å². The Hall–Kier alpha value is -3.17. The fraction of sp³-hybridized carbons (Fsp3) is 0.231. The van der Waals surface area contributed by atoms with Gasteiger partial charge in [0.1, 0.15) is 5.75 Å². The van der Waals surface area contributed by atoms with Gasteiger partial charge in [-0.1, -0.05) is 29.8 Å². The van der Waals surface area contributed by atoms with Crippen LogP contribution in [0, 0.1) is 6.92 Å². The van der Waals surface area contributed by atoms with Crippen molar-refractivity contribution in [1.29, 1.82) is 0 Å². The summed E-state index contributed by atoms with van der Waals surface area (Å²) in [6.45, 7) is 4.47. The molecule has 0 aliphatic carbocycles. The lowest BCUT2D eigenvalue weighted by molar-refractivity contribution is -0.113. The van der Waals surface area contributed by atoms with Crippen molar-refractivity contribution in [2.24, 2.45) is 0 Å². The third kappa shape index (κ3) is 6.10. The molecule has 1 aliphatic rings. The number of anilines is 2. The predicted octanol–water partition coefficient (Wildman–Crippen LogP) is 4.13. The van der Waals surface area contributed by atoms with E-state index in [1.807, 2.05) is 48.2 Å². The van der Waals surface area contributed by atoms with Gasteiger partial charge in [0.15, 0.2) is 9.84 Å². The molecule has 1 heterocycles. The van der Waals surface area contributed by atoms with Gasteiger partial charge in [-0.25, -0.2) is 8.42 Å². The van der Waals surface area contributed by atoms with Crippen LogP contribution in [0.5, 0.6) is 0 Å². The number of nitrogens with one attached hydrogen (secondary N) is 1. The number of benzene rings is 3. The molecule has 0 atom stereocenters. The first kappa shape index (κ1) is 24.9. The highest BCUT2D eigenvalue weighted by Gasteiger charge is 2.24. The third-order valence-corrected chi connectivity index (χ3v) is 8.21. The summed E-state index contributed by atoms with van der Waals surface area (Å²) in [5.74, 6) is -1.20. The number of nitrogens with zero attached hydrogens (tertiary/aromatic N) is 2. The minimum Gasteiger partial charge on any atom is -0.368 e. The highest BCUT2D eigenvalue weighted by Crippen LogP contribution is 2.22. The Morgan fingerprint density at radius 2 is 1.51 bits per heavy atom. The van der Waals surface area contributed by atoms with Crippen molar-refractivity contribution < 1.29 is 18.0 Å². The van der Waals surface area contributed by atoms with Crippen LogP contribution in [0.1, 0.15) is 15.9 Å². The van der Waals surface area contributed by atoms with Crippen LogP contribution in [-0.4, -0.2) is 57.1 Å². The molecule has 0 unspecified atom stereocenters. The summed E-state index contributed by atoms with van der Waals surface area (Å²) in [6, 6.07) is 21.1. The van der Waals surface area contributed by atoms with E-state index in [1.165, 1.54) is 12.1 Å². The molecule has 35 heavy (non-hydrogen) atoms. The Balaban J connectivity index is 1.31. The zero-order valence-electron chi connectivity index (χ0n) is 19.3. The van der Waals surface area contributed by atoms with Crippen LogP contribution in [0.4, 0.5) is 11.4 Å². The molecule has 1 N–H and O–H groups in total. The highest BCUT2D eigenvalue weighted by molar-refractivity contribution is 9.10. The normalized spacial score (nSPS) is 14.0. The standard InChI is InChI=1S/C26H26BrN3O4S/c1-19-6-12-22(13-7-19)35(33,34)18-25(31)28-20-8-10-21(11-9-20)29-14-16-30(17-15-29)26(32)23-4-2-3-5-24(23)27/h2-13H,14-18H2,1H3,(H,28,31). The molecule has 1 saturated heterocycles. The molecule has 1 fully saturated rings. The minimum absolute atomic E-state index is 0.00998. The quantitative estimate of drug-likeness (QED) is 0.494. The van der Waals surface area contributed by atoms with Crippen LogP contribution in [0.3, 0.4) is 0 Å². The molecule has 0 spiro atoms. The second kappa shape index (κ2) is 10.6. The summed E-state index contributed by atoms with van der Waals surface area (Å²) >= 11 is 3.44. The van der Waals surface area contributed by atoms with E-state index in [4.69, 9.17) is 0 Å². The maximum atomic E-state index is 12.8. The van der Waals surface area contributed by atoms with Crippen molar-refractivity contribution >= 4 is 49.0 Å². The SMILES string of the molecule is Cc1ccc(S(=O)(=O)CC(=O)Nc2ccc(N3CCN(C(=O)c4ccccc4Br)CC3)cc2)cc1. The van der Waals surface area contributed by atoms with Crippen molar-refractivity contribution in [1.82, 2.24) is 4.90 Å². The third-order valence-electron chi connectivity index (χ3n) is 5.89. The van der Waals surface area contributed by atoms with Gasteiger partial charge in [0.05, 0.1) is 10.5 Å². The second-order valence-electron chi connectivity index (χ2n) is 8.43. The highest BCUT2D eigenvalue weighted by atomic mass is 79.9. The lowest BCUT2D eigenvalue weighted by Gasteiger charge is -2.36. The molecule has 2 amide bonds. The molecule has 0 radical (unpaired) electrons. The lowest BCUT2D eigenvalue weighted by atomic mass is 10.1. The first-order valence-corrected chi connectivity index (χ1v) is 13.7. The van der Waals surface area contributed by atoms with Gasteiger partial charge in [0, 0.05) is 42.0 Å². The van der Waals surface area contributed by atoms with Gasteiger partial charge < -0.3 is 15.1 Å². The molecule has 0 aromatic heterocycles. The number of carbonyl (C=O) groups excluding carboxylic acids is 2. The largest absolute Gasteiger partial charge is 0.368 e. The van der Waals surface area contributed by atoms with Gasteiger partial charge in [0.2, 0.25) is 5.91 Å². The molecular formula is C26H26BrN3O4S. The molecule has 0 bridgehead atoms. The fourth-order valence-electron chi connectivity index (χ4n) is 3.93. The Labute approximate surface area is 213 Å². The molecule has 3 aromatic carbocycles. The molecule has 3 aromatic rings. The van der Waals surface area contributed by atoms with E-state index >= 15 is 0 Å². The van der Waals surface area contributed by atoms with Gasteiger partial charge in [-0.3, -0.25) is 9.59 Å². The van der Waals surface area contributed by atoms with Crippen LogP contribution >= 0.6 is 15.9 Å². The predicted molar refractivity (Wildman–Crippen MR) is 141 cm³/mol. The van der Waals surface area contributed by atoms with Crippen molar-refractivity contribution in [3.05, 3.63) is 88.4 Å². The average Bonchev–Trinajstić information content (AvgIpc) is 2.84. The van der Waals surface area contributed by atoms with E-state index in [0.717, 1.165) is 15.7 Å². The van der Waals surface area contributed by atoms with Gasteiger partial charge in [-0.2, -0.15) is 0 Å². The van der Waals surface area contributed by atoms with E-state index in [2.05, 4.69) is 26.1 Å². The molecule has 4 rings (SSSR count).